The molecule has 0 fully saturated rings. The number of benzene rings is 2. The number of rotatable bonds is 6. The van der Waals surface area contributed by atoms with Gasteiger partial charge >= 0.3 is 0 Å². The van der Waals surface area contributed by atoms with Gasteiger partial charge in [-0.25, -0.2) is 4.68 Å². The molecule has 156 valence electrons. The Bertz CT molecular complexity index is 968. The molecule has 3 aromatic rings. The van der Waals surface area contributed by atoms with Crippen LogP contribution in [0.3, 0.4) is 0 Å². The monoisotopic (exact) mass is 405 g/mol. The molecule has 0 radical (unpaired) electrons. The van der Waals surface area contributed by atoms with Crippen LogP contribution < -0.4 is 20.1 Å². The number of ether oxygens (including phenoxy) is 2. The van der Waals surface area contributed by atoms with Gasteiger partial charge in [0.05, 0.1) is 18.9 Å². The maximum Gasteiger partial charge on any atom is 0.191 e. The van der Waals surface area contributed by atoms with Crippen molar-refractivity contribution in [3.05, 3.63) is 72.1 Å². The molecule has 1 aliphatic heterocycles. The summed E-state index contributed by atoms with van der Waals surface area (Å²) in [4.78, 5) is 4.31. The van der Waals surface area contributed by atoms with E-state index in [4.69, 9.17) is 9.47 Å². The van der Waals surface area contributed by atoms with Gasteiger partial charge < -0.3 is 20.1 Å². The van der Waals surface area contributed by atoms with Gasteiger partial charge in [0, 0.05) is 39.0 Å². The maximum absolute atomic E-state index is 5.76. The topological polar surface area (TPSA) is 72.7 Å². The number of aromatic nitrogens is 2. The van der Waals surface area contributed by atoms with Crippen LogP contribution in [0.15, 0.2) is 65.9 Å². The Hall–Kier alpha value is -3.48. The van der Waals surface area contributed by atoms with Gasteiger partial charge in [0.2, 0.25) is 0 Å². The van der Waals surface area contributed by atoms with E-state index >= 15 is 0 Å². The lowest BCUT2D eigenvalue weighted by molar-refractivity contribution is 0.297. The van der Waals surface area contributed by atoms with Crippen molar-refractivity contribution < 1.29 is 9.47 Å². The Morgan fingerprint density at radius 1 is 1.03 bits per heavy atom. The maximum atomic E-state index is 5.76. The van der Waals surface area contributed by atoms with Crippen molar-refractivity contribution in [1.82, 2.24) is 20.4 Å². The van der Waals surface area contributed by atoms with Crippen LogP contribution in [-0.2, 0) is 13.0 Å². The molecule has 2 aromatic carbocycles. The Kier molecular flexibility index (Phi) is 6.49. The van der Waals surface area contributed by atoms with Crippen LogP contribution in [0.1, 0.15) is 17.5 Å². The molecule has 1 aliphatic rings. The summed E-state index contributed by atoms with van der Waals surface area (Å²) in [5.41, 5.74) is 3.44. The zero-order valence-corrected chi connectivity index (χ0v) is 17.2. The number of fused-ring (bicyclic) bond motifs is 1. The van der Waals surface area contributed by atoms with Crippen molar-refractivity contribution in [2.45, 2.75) is 19.4 Å². The summed E-state index contributed by atoms with van der Waals surface area (Å²) < 4.78 is 13.3. The highest BCUT2D eigenvalue weighted by Crippen LogP contribution is 2.30. The molecule has 0 saturated carbocycles. The lowest BCUT2D eigenvalue weighted by Gasteiger charge is -2.13. The number of nitrogens with zero attached hydrogens (tertiary/aromatic N) is 3. The number of hydrogen-bond acceptors (Lipinski definition) is 4. The van der Waals surface area contributed by atoms with Gasteiger partial charge in [0.1, 0.15) is 0 Å². The number of guanidine groups is 1. The second-order valence-electron chi connectivity index (χ2n) is 7.05. The second-order valence-corrected chi connectivity index (χ2v) is 7.05. The SMILES string of the molecule is CN=C(NCCc1ccc(-n2cccn2)cc1)NCc1ccc2c(c1)OCCCO2. The van der Waals surface area contributed by atoms with Gasteiger partial charge in [-0.05, 0) is 47.9 Å². The first-order valence-corrected chi connectivity index (χ1v) is 10.2. The van der Waals surface area contributed by atoms with Crippen molar-refractivity contribution in [3.8, 4) is 17.2 Å². The summed E-state index contributed by atoms with van der Waals surface area (Å²) in [7, 11) is 1.78. The van der Waals surface area contributed by atoms with Gasteiger partial charge in [0.15, 0.2) is 17.5 Å². The van der Waals surface area contributed by atoms with Gasteiger partial charge in [-0.15, -0.1) is 0 Å². The molecule has 0 atom stereocenters. The molecule has 7 nitrogen and oxygen atoms in total. The Morgan fingerprint density at radius 2 is 1.83 bits per heavy atom. The third-order valence-corrected chi connectivity index (χ3v) is 4.91. The first-order valence-electron chi connectivity index (χ1n) is 10.2. The first-order chi connectivity index (χ1) is 14.8. The average molecular weight is 406 g/mol. The van der Waals surface area contributed by atoms with Crippen LogP contribution in [-0.4, -0.2) is 42.5 Å². The van der Waals surface area contributed by atoms with Crippen LogP contribution in [0.25, 0.3) is 5.69 Å². The van der Waals surface area contributed by atoms with E-state index in [0.29, 0.717) is 19.8 Å². The minimum absolute atomic E-state index is 0.662. The second kappa shape index (κ2) is 9.82. The average Bonchev–Trinajstić information content (AvgIpc) is 3.22. The minimum Gasteiger partial charge on any atom is -0.490 e. The highest BCUT2D eigenvalue weighted by molar-refractivity contribution is 5.79. The summed E-state index contributed by atoms with van der Waals surface area (Å²) in [6, 6.07) is 16.4. The van der Waals surface area contributed by atoms with E-state index in [0.717, 1.165) is 48.1 Å². The molecule has 7 heteroatoms. The van der Waals surface area contributed by atoms with Crippen molar-refractivity contribution in [3.63, 3.8) is 0 Å². The lowest BCUT2D eigenvalue weighted by Crippen LogP contribution is -2.37. The van der Waals surface area contributed by atoms with E-state index in [1.165, 1.54) is 5.56 Å². The largest absolute Gasteiger partial charge is 0.490 e. The van der Waals surface area contributed by atoms with E-state index in [-0.39, 0.29) is 0 Å². The summed E-state index contributed by atoms with van der Waals surface area (Å²) in [5, 5.41) is 11.0. The molecule has 0 bridgehead atoms. The van der Waals surface area contributed by atoms with Gasteiger partial charge in [0.25, 0.3) is 0 Å². The van der Waals surface area contributed by atoms with Crippen LogP contribution >= 0.6 is 0 Å². The fourth-order valence-electron chi connectivity index (χ4n) is 3.29. The minimum atomic E-state index is 0.662. The van der Waals surface area contributed by atoms with Crippen molar-refractivity contribution in [2.75, 3.05) is 26.8 Å². The molecule has 4 rings (SSSR count). The molecule has 2 heterocycles. The molecule has 0 aliphatic carbocycles. The predicted molar refractivity (Wildman–Crippen MR) is 118 cm³/mol. The molecule has 0 spiro atoms. The fourth-order valence-corrected chi connectivity index (χ4v) is 3.29. The van der Waals surface area contributed by atoms with Gasteiger partial charge in [-0.1, -0.05) is 18.2 Å². The zero-order valence-electron chi connectivity index (χ0n) is 17.2. The van der Waals surface area contributed by atoms with E-state index in [1.807, 2.05) is 29.1 Å². The van der Waals surface area contributed by atoms with E-state index < -0.39 is 0 Å². The zero-order chi connectivity index (χ0) is 20.6. The van der Waals surface area contributed by atoms with Crippen molar-refractivity contribution in [1.29, 1.82) is 0 Å². The van der Waals surface area contributed by atoms with Crippen LogP contribution in [0, 0.1) is 0 Å². The van der Waals surface area contributed by atoms with E-state index in [1.54, 1.807) is 13.2 Å². The highest BCUT2D eigenvalue weighted by atomic mass is 16.5. The third kappa shape index (κ3) is 5.11. The standard InChI is InChI=1S/C23H27N5O2/c1-24-23(26-17-19-6-9-21-22(16-19)30-15-3-14-29-21)25-12-10-18-4-7-20(8-5-18)28-13-2-11-27-28/h2,4-9,11,13,16H,3,10,12,14-15,17H2,1H3,(H2,24,25,26). The summed E-state index contributed by atoms with van der Waals surface area (Å²) >= 11 is 0. The smallest absolute Gasteiger partial charge is 0.191 e. The summed E-state index contributed by atoms with van der Waals surface area (Å²) in [5.74, 6) is 2.40. The first kappa shape index (κ1) is 19.8. The van der Waals surface area contributed by atoms with Crippen LogP contribution in [0.4, 0.5) is 0 Å². The van der Waals surface area contributed by atoms with Gasteiger partial charge in [-0.2, -0.15) is 5.10 Å². The van der Waals surface area contributed by atoms with E-state index in [9.17, 15) is 0 Å². The van der Waals surface area contributed by atoms with Crippen LogP contribution in [0.5, 0.6) is 11.5 Å². The number of hydrogen-bond donors (Lipinski definition) is 2. The van der Waals surface area contributed by atoms with Crippen molar-refractivity contribution in [2.24, 2.45) is 4.99 Å². The normalized spacial score (nSPS) is 13.6. The number of nitrogens with one attached hydrogen (secondary N) is 2. The van der Waals surface area contributed by atoms with E-state index in [2.05, 4.69) is 51.1 Å². The Labute approximate surface area is 176 Å². The molecule has 2 N–H and O–H groups in total. The van der Waals surface area contributed by atoms with Gasteiger partial charge in [-0.3, -0.25) is 4.99 Å². The molecule has 0 saturated heterocycles. The molecular formula is C23H27N5O2. The third-order valence-electron chi connectivity index (χ3n) is 4.91. The molecule has 30 heavy (non-hydrogen) atoms. The molecular weight excluding hydrogens is 378 g/mol. The Balaban J connectivity index is 1.25. The molecule has 0 amide bonds. The number of aliphatic imine (C=N–C) groups is 1. The van der Waals surface area contributed by atoms with Crippen LogP contribution in [0.2, 0.25) is 0 Å². The van der Waals surface area contributed by atoms with Crippen molar-refractivity contribution >= 4 is 5.96 Å². The molecule has 0 unspecified atom stereocenters. The Morgan fingerprint density at radius 3 is 2.60 bits per heavy atom. The summed E-state index contributed by atoms with van der Waals surface area (Å²) in [6.45, 7) is 2.85. The highest BCUT2D eigenvalue weighted by Gasteiger charge is 2.10. The lowest BCUT2D eigenvalue weighted by atomic mass is 10.1. The summed E-state index contributed by atoms with van der Waals surface area (Å²) in [6.07, 6.45) is 5.53. The fraction of sp³-hybridized carbons (Fsp3) is 0.304. The quantitative estimate of drug-likeness (QED) is 0.487. The molecule has 1 aromatic heterocycles. The predicted octanol–water partition coefficient (Wildman–Crippen LogP) is 2.94.